The van der Waals surface area contributed by atoms with E-state index in [0.717, 1.165) is 4.42 Å². The van der Waals surface area contributed by atoms with Crippen molar-refractivity contribution in [2.45, 2.75) is 0 Å². The van der Waals surface area contributed by atoms with E-state index in [2.05, 4.69) is 9.97 Å². The van der Waals surface area contributed by atoms with Crippen LogP contribution < -0.4 is 9.16 Å². The highest BCUT2D eigenvalue weighted by molar-refractivity contribution is 6.35. The van der Waals surface area contributed by atoms with Crippen LogP contribution in [-0.4, -0.2) is 16.1 Å². The summed E-state index contributed by atoms with van der Waals surface area (Å²) in [5, 5.41) is 0. The lowest BCUT2D eigenvalue weighted by molar-refractivity contribution is 0.211. The van der Waals surface area contributed by atoms with Gasteiger partial charge in [0.15, 0.2) is 5.82 Å². The summed E-state index contributed by atoms with van der Waals surface area (Å²) in [6.45, 7) is 0. The fourth-order valence-electron chi connectivity index (χ4n) is 1.12. The Balaban J connectivity index is 2.06. The van der Waals surface area contributed by atoms with Gasteiger partial charge in [0, 0.05) is 24.2 Å². The molecule has 0 aliphatic rings. The highest BCUT2D eigenvalue weighted by atomic mass is 35.5. The number of carbonyl (C=O) groups is 1. The minimum Gasteiger partial charge on any atom is -0.409 e. The SMILES string of the molecule is O=C(Oc1ccccc1)N(Cl)c1cnccn1. The van der Waals surface area contributed by atoms with E-state index in [4.69, 9.17) is 16.5 Å². The first kappa shape index (κ1) is 11.3. The van der Waals surface area contributed by atoms with Crippen LogP contribution >= 0.6 is 11.8 Å². The second kappa shape index (κ2) is 5.27. The molecule has 0 aliphatic carbocycles. The zero-order chi connectivity index (χ0) is 12.1. The number of nitrogens with zero attached hydrogens (tertiary/aromatic N) is 3. The minimum absolute atomic E-state index is 0.204. The van der Waals surface area contributed by atoms with Crippen LogP contribution in [0, 0.1) is 0 Å². The van der Waals surface area contributed by atoms with E-state index in [0.29, 0.717) is 5.75 Å². The maximum absolute atomic E-state index is 11.6. The van der Waals surface area contributed by atoms with Crippen LogP contribution in [0.4, 0.5) is 10.6 Å². The average molecular weight is 250 g/mol. The molecule has 17 heavy (non-hydrogen) atoms. The lowest BCUT2D eigenvalue weighted by Gasteiger charge is -2.11. The van der Waals surface area contributed by atoms with E-state index >= 15 is 0 Å². The number of hydrogen-bond acceptors (Lipinski definition) is 4. The van der Waals surface area contributed by atoms with Crippen LogP contribution in [0.3, 0.4) is 0 Å². The second-order valence-electron chi connectivity index (χ2n) is 3.03. The summed E-state index contributed by atoms with van der Waals surface area (Å²) in [6, 6.07) is 8.63. The van der Waals surface area contributed by atoms with Crippen LogP contribution in [0.5, 0.6) is 5.75 Å². The molecule has 0 aliphatic heterocycles. The van der Waals surface area contributed by atoms with Crippen molar-refractivity contribution in [2.24, 2.45) is 0 Å². The van der Waals surface area contributed by atoms with Crippen molar-refractivity contribution in [2.75, 3.05) is 4.42 Å². The molecule has 0 unspecified atom stereocenters. The molecule has 0 radical (unpaired) electrons. The van der Waals surface area contributed by atoms with Gasteiger partial charge in [0.2, 0.25) is 0 Å². The standard InChI is InChI=1S/C11H8ClN3O2/c12-15(10-8-13-6-7-14-10)11(16)17-9-4-2-1-3-5-9/h1-8H. The van der Waals surface area contributed by atoms with Gasteiger partial charge in [-0.1, -0.05) is 18.2 Å². The fraction of sp³-hybridized carbons (Fsp3) is 0. The predicted octanol–water partition coefficient (Wildman–Crippen LogP) is 2.64. The topological polar surface area (TPSA) is 55.3 Å². The van der Waals surface area contributed by atoms with Crippen molar-refractivity contribution in [3.05, 3.63) is 48.9 Å². The average Bonchev–Trinajstić information content (AvgIpc) is 2.40. The Kier molecular flexibility index (Phi) is 3.52. The molecule has 0 spiro atoms. The Morgan fingerprint density at radius 1 is 1.24 bits per heavy atom. The van der Waals surface area contributed by atoms with E-state index in [9.17, 15) is 4.79 Å². The molecule has 0 fully saturated rings. The van der Waals surface area contributed by atoms with Gasteiger partial charge in [0.1, 0.15) is 5.75 Å². The third-order valence-electron chi connectivity index (χ3n) is 1.86. The first-order valence-electron chi connectivity index (χ1n) is 4.76. The number of benzene rings is 1. The smallest absolute Gasteiger partial charge is 0.409 e. The number of anilines is 1. The third kappa shape index (κ3) is 2.92. The summed E-state index contributed by atoms with van der Waals surface area (Å²) in [7, 11) is 0. The number of para-hydroxylation sites is 1. The molecule has 0 atom stereocenters. The number of amides is 1. The monoisotopic (exact) mass is 249 g/mol. The van der Waals surface area contributed by atoms with Gasteiger partial charge in [-0.25, -0.2) is 9.78 Å². The maximum atomic E-state index is 11.6. The molecule has 5 nitrogen and oxygen atoms in total. The fourth-order valence-corrected chi connectivity index (χ4v) is 1.24. The van der Waals surface area contributed by atoms with Crippen LogP contribution in [0.25, 0.3) is 0 Å². The maximum Gasteiger partial charge on any atom is 0.436 e. The van der Waals surface area contributed by atoms with Crippen molar-refractivity contribution < 1.29 is 9.53 Å². The molecule has 0 saturated carbocycles. The number of carbonyl (C=O) groups excluding carboxylic acids is 1. The van der Waals surface area contributed by atoms with Crippen molar-refractivity contribution in [1.82, 2.24) is 9.97 Å². The number of halogens is 1. The normalized spacial score (nSPS) is 9.71. The molecule has 0 bridgehead atoms. The van der Waals surface area contributed by atoms with Crippen molar-refractivity contribution in [1.29, 1.82) is 0 Å². The number of rotatable bonds is 2. The molecule has 2 rings (SSSR count). The highest BCUT2D eigenvalue weighted by Gasteiger charge is 2.16. The van der Waals surface area contributed by atoms with Crippen LogP contribution in [0.1, 0.15) is 0 Å². The van der Waals surface area contributed by atoms with Gasteiger partial charge in [-0.05, 0) is 12.1 Å². The molecule has 86 valence electrons. The summed E-state index contributed by atoms with van der Waals surface area (Å²) in [4.78, 5) is 19.3. The zero-order valence-corrected chi connectivity index (χ0v) is 9.41. The van der Waals surface area contributed by atoms with Crippen LogP contribution in [0.15, 0.2) is 48.9 Å². The van der Waals surface area contributed by atoms with E-state index in [1.54, 1.807) is 24.3 Å². The molecule has 1 aromatic carbocycles. The Labute approximate surface area is 103 Å². The molecule has 6 heteroatoms. The first-order valence-corrected chi connectivity index (χ1v) is 5.10. The molecule has 0 saturated heterocycles. The number of hydrogen-bond donors (Lipinski definition) is 0. The molecule has 1 amide bonds. The van der Waals surface area contributed by atoms with Crippen molar-refractivity contribution in [3.63, 3.8) is 0 Å². The van der Waals surface area contributed by atoms with Gasteiger partial charge in [0.05, 0.1) is 6.20 Å². The van der Waals surface area contributed by atoms with Crippen LogP contribution in [0.2, 0.25) is 0 Å². The molecular weight excluding hydrogens is 242 g/mol. The minimum atomic E-state index is -0.738. The molecule has 1 heterocycles. The molecule has 2 aromatic rings. The summed E-state index contributed by atoms with van der Waals surface area (Å²) in [5.74, 6) is 0.613. The quantitative estimate of drug-likeness (QED) is 0.768. The highest BCUT2D eigenvalue weighted by Crippen LogP contribution is 2.15. The van der Waals surface area contributed by atoms with E-state index in [1.807, 2.05) is 6.07 Å². The Morgan fingerprint density at radius 3 is 2.65 bits per heavy atom. The summed E-state index contributed by atoms with van der Waals surface area (Å²) >= 11 is 5.76. The van der Waals surface area contributed by atoms with Gasteiger partial charge >= 0.3 is 6.09 Å². The van der Waals surface area contributed by atoms with Gasteiger partial charge in [-0.2, -0.15) is 4.42 Å². The van der Waals surface area contributed by atoms with E-state index in [-0.39, 0.29) is 5.82 Å². The second-order valence-corrected chi connectivity index (χ2v) is 3.36. The molecule has 1 aromatic heterocycles. The van der Waals surface area contributed by atoms with Gasteiger partial charge in [0.25, 0.3) is 0 Å². The molecular formula is C11H8ClN3O2. The van der Waals surface area contributed by atoms with Crippen molar-refractivity contribution in [3.8, 4) is 5.75 Å². The zero-order valence-electron chi connectivity index (χ0n) is 8.65. The van der Waals surface area contributed by atoms with Crippen LogP contribution in [-0.2, 0) is 0 Å². The predicted molar refractivity (Wildman–Crippen MR) is 62.8 cm³/mol. The van der Waals surface area contributed by atoms with Crippen molar-refractivity contribution >= 4 is 23.7 Å². The summed E-state index contributed by atoms with van der Waals surface area (Å²) in [5.41, 5.74) is 0. The Hall–Kier alpha value is -2.14. The number of aromatic nitrogens is 2. The van der Waals surface area contributed by atoms with E-state index < -0.39 is 6.09 Å². The Bertz CT molecular complexity index is 493. The summed E-state index contributed by atoms with van der Waals surface area (Å²) < 4.78 is 5.78. The van der Waals surface area contributed by atoms with Gasteiger partial charge in [-0.3, -0.25) is 4.98 Å². The van der Waals surface area contributed by atoms with Gasteiger partial charge < -0.3 is 4.74 Å². The van der Waals surface area contributed by atoms with Gasteiger partial charge in [-0.15, -0.1) is 0 Å². The third-order valence-corrected chi connectivity index (χ3v) is 2.17. The Morgan fingerprint density at radius 2 is 2.00 bits per heavy atom. The lowest BCUT2D eigenvalue weighted by Crippen LogP contribution is -2.25. The number of ether oxygens (including phenoxy) is 1. The summed E-state index contributed by atoms with van der Waals surface area (Å²) in [6.07, 6.45) is 3.54. The van der Waals surface area contributed by atoms with E-state index in [1.165, 1.54) is 18.6 Å². The largest absolute Gasteiger partial charge is 0.436 e. The lowest BCUT2D eigenvalue weighted by atomic mass is 10.3. The first-order chi connectivity index (χ1) is 8.27. The molecule has 0 N–H and O–H groups in total.